The Bertz CT molecular complexity index is 596. The van der Waals surface area contributed by atoms with Gasteiger partial charge in [0.1, 0.15) is 5.82 Å². The van der Waals surface area contributed by atoms with Gasteiger partial charge in [-0.3, -0.25) is 4.90 Å². The Balaban J connectivity index is 1.58. The lowest BCUT2D eigenvalue weighted by Gasteiger charge is -2.18. The van der Waals surface area contributed by atoms with E-state index in [9.17, 15) is 4.39 Å². The summed E-state index contributed by atoms with van der Waals surface area (Å²) >= 11 is 0. The van der Waals surface area contributed by atoms with Crippen LogP contribution in [0.1, 0.15) is 49.4 Å². The minimum Gasteiger partial charge on any atom is -0.424 e. The maximum absolute atomic E-state index is 13.0. The lowest BCUT2D eigenvalue weighted by Crippen LogP contribution is -2.24. The average Bonchev–Trinajstić information content (AvgIpc) is 2.86. The largest absolute Gasteiger partial charge is 0.424 e. The second-order valence-corrected chi connectivity index (χ2v) is 5.90. The van der Waals surface area contributed by atoms with Gasteiger partial charge in [-0.1, -0.05) is 19.1 Å². The quantitative estimate of drug-likeness (QED) is 0.866. The van der Waals surface area contributed by atoms with E-state index in [2.05, 4.69) is 15.1 Å². The molecular formula is C17H22FN3O. The minimum atomic E-state index is -0.165. The first-order chi connectivity index (χ1) is 10.7. The summed E-state index contributed by atoms with van der Waals surface area (Å²) in [5, 5.41) is 8.11. The molecule has 1 atom stereocenters. The summed E-state index contributed by atoms with van der Waals surface area (Å²) in [6.07, 6.45) is 4.14. The average molecular weight is 303 g/mol. The van der Waals surface area contributed by atoms with Crippen LogP contribution in [0.2, 0.25) is 0 Å². The van der Waals surface area contributed by atoms with Crippen LogP contribution in [0, 0.1) is 5.82 Å². The Morgan fingerprint density at radius 3 is 2.64 bits per heavy atom. The number of hydrogen-bond donors (Lipinski definition) is 0. The highest BCUT2D eigenvalue weighted by Crippen LogP contribution is 2.28. The van der Waals surface area contributed by atoms with Gasteiger partial charge in [-0.05, 0) is 56.0 Å². The maximum Gasteiger partial charge on any atom is 0.230 e. The third-order valence-electron chi connectivity index (χ3n) is 4.33. The van der Waals surface area contributed by atoms with E-state index in [-0.39, 0.29) is 5.82 Å². The van der Waals surface area contributed by atoms with E-state index in [1.807, 2.05) is 19.1 Å². The monoisotopic (exact) mass is 303 g/mol. The molecule has 0 aliphatic carbocycles. The number of likely N-dealkylation sites (tertiary alicyclic amines) is 1. The van der Waals surface area contributed by atoms with Crippen LogP contribution in [-0.4, -0.2) is 28.2 Å². The molecule has 3 rings (SSSR count). The summed E-state index contributed by atoms with van der Waals surface area (Å²) in [5.74, 6) is 1.76. The molecule has 5 heteroatoms. The third kappa shape index (κ3) is 3.71. The van der Waals surface area contributed by atoms with Crippen LogP contribution in [0.25, 0.3) is 0 Å². The summed E-state index contributed by atoms with van der Waals surface area (Å²) in [7, 11) is 0. The van der Waals surface area contributed by atoms with E-state index in [0.717, 1.165) is 45.3 Å². The summed E-state index contributed by atoms with van der Waals surface area (Å²) < 4.78 is 18.6. The molecule has 4 nitrogen and oxygen atoms in total. The van der Waals surface area contributed by atoms with Crippen LogP contribution in [0.3, 0.4) is 0 Å². The van der Waals surface area contributed by atoms with Gasteiger partial charge in [0, 0.05) is 6.42 Å². The fourth-order valence-corrected chi connectivity index (χ4v) is 3.07. The van der Waals surface area contributed by atoms with Crippen LogP contribution in [-0.2, 0) is 13.0 Å². The first-order valence-corrected chi connectivity index (χ1v) is 8.03. The summed E-state index contributed by atoms with van der Waals surface area (Å²) in [4.78, 5) is 2.37. The molecule has 22 heavy (non-hydrogen) atoms. The standard InChI is InChI=1S/C17H22FN3O/c1-2-16-19-20-17(22-16)12-21-10-3-4-13(9-11-21)14-5-7-15(18)8-6-14/h5-8,13H,2-4,9-12H2,1H3. The maximum atomic E-state index is 13.0. The number of nitrogens with zero attached hydrogens (tertiary/aromatic N) is 3. The zero-order valence-corrected chi connectivity index (χ0v) is 13.0. The fourth-order valence-electron chi connectivity index (χ4n) is 3.07. The molecule has 0 saturated carbocycles. The molecule has 2 aromatic rings. The summed E-state index contributed by atoms with van der Waals surface area (Å²) in [6.45, 7) is 4.78. The van der Waals surface area contributed by atoms with Crippen molar-refractivity contribution in [2.24, 2.45) is 0 Å². The van der Waals surface area contributed by atoms with Crippen molar-refractivity contribution in [3.05, 3.63) is 47.4 Å². The number of halogens is 1. The highest BCUT2D eigenvalue weighted by molar-refractivity contribution is 5.20. The second-order valence-electron chi connectivity index (χ2n) is 5.90. The molecule has 1 saturated heterocycles. The smallest absolute Gasteiger partial charge is 0.230 e. The van der Waals surface area contributed by atoms with Crippen LogP contribution in [0.4, 0.5) is 4.39 Å². The lowest BCUT2D eigenvalue weighted by molar-refractivity contribution is 0.244. The molecule has 1 aliphatic heterocycles. The van der Waals surface area contributed by atoms with Gasteiger partial charge in [0.15, 0.2) is 0 Å². The van der Waals surface area contributed by atoms with Gasteiger partial charge in [0.25, 0.3) is 0 Å². The van der Waals surface area contributed by atoms with Crippen LogP contribution >= 0.6 is 0 Å². The normalized spacial score (nSPS) is 20.0. The predicted octanol–water partition coefficient (Wildman–Crippen LogP) is 3.54. The molecule has 118 valence electrons. The highest BCUT2D eigenvalue weighted by Gasteiger charge is 2.20. The molecule has 1 unspecified atom stereocenters. The van der Waals surface area contributed by atoms with Gasteiger partial charge in [0.2, 0.25) is 11.8 Å². The number of benzene rings is 1. The first kappa shape index (κ1) is 15.2. The van der Waals surface area contributed by atoms with Crippen LogP contribution in [0.5, 0.6) is 0 Å². The Kier molecular flexibility index (Phi) is 4.83. The van der Waals surface area contributed by atoms with E-state index in [1.54, 1.807) is 12.1 Å². The third-order valence-corrected chi connectivity index (χ3v) is 4.33. The molecule has 0 spiro atoms. The van der Waals surface area contributed by atoms with E-state index in [0.29, 0.717) is 17.7 Å². The Hall–Kier alpha value is -1.75. The second kappa shape index (κ2) is 7.01. The van der Waals surface area contributed by atoms with Gasteiger partial charge in [0.05, 0.1) is 6.54 Å². The lowest BCUT2D eigenvalue weighted by atomic mass is 9.92. The van der Waals surface area contributed by atoms with Crippen molar-refractivity contribution in [1.29, 1.82) is 0 Å². The minimum absolute atomic E-state index is 0.165. The van der Waals surface area contributed by atoms with Crippen molar-refractivity contribution in [1.82, 2.24) is 15.1 Å². The van der Waals surface area contributed by atoms with E-state index in [4.69, 9.17) is 4.42 Å². The van der Waals surface area contributed by atoms with Gasteiger partial charge in [-0.2, -0.15) is 0 Å². The number of aryl methyl sites for hydroxylation is 1. The van der Waals surface area contributed by atoms with Crippen molar-refractivity contribution in [2.45, 2.75) is 45.1 Å². The molecule has 0 bridgehead atoms. The van der Waals surface area contributed by atoms with E-state index >= 15 is 0 Å². The molecule has 1 aromatic heterocycles. The molecular weight excluding hydrogens is 281 g/mol. The Labute approximate surface area is 130 Å². The van der Waals surface area contributed by atoms with Crippen molar-refractivity contribution < 1.29 is 8.81 Å². The highest BCUT2D eigenvalue weighted by atomic mass is 19.1. The summed E-state index contributed by atoms with van der Waals surface area (Å²) in [5.41, 5.74) is 1.24. The predicted molar refractivity (Wildman–Crippen MR) is 81.9 cm³/mol. The van der Waals surface area contributed by atoms with E-state index < -0.39 is 0 Å². The molecule has 0 N–H and O–H groups in total. The first-order valence-electron chi connectivity index (χ1n) is 8.03. The number of aromatic nitrogens is 2. The van der Waals surface area contributed by atoms with Crippen LogP contribution < -0.4 is 0 Å². The molecule has 1 aliphatic rings. The van der Waals surface area contributed by atoms with Gasteiger partial charge in [-0.25, -0.2) is 4.39 Å². The zero-order valence-electron chi connectivity index (χ0n) is 13.0. The van der Waals surface area contributed by atoms with Gasteiger partial charge in [-0.15, -0.1) is 10.2 Å². The molecule has 1 fully saturated rings. The van der Waals surface area contributed by atoms with Gasteiger partial charge < -0.3 is 4.42 Å². The topological polar surface area (TPSA) is 42.2 Å². The van der Waals surface area contributed by atoms with Crippen molar-refractivity contribution in [3.63, 3.8) is 0 Å². The zero-order chi connectivity index (χ0) is 15.4. The molecule has 0 radical (unpaired) electrons. The van der Waals surface area contributed by atoms with Crippen molar-refractivity contribution in [3.8, 4) is 0 Å². The van der Waals surface area contributed by atoms with Crippen molar-refractivity contribution in [2.75, 3.05) is 13.1 Å². The molecule has 2 heterocycles. The van der Waals surface area contributed by atoms with E-state index in [1.165, 1.54) is 5.56 Å². The fraction of sp³-hybridized carbons (Fsp3) is 0.529. The van der Waals surface area contributed by atoms with Crippen molar-refractivity contribution >= 4 is 0 Å². The molecule has 0 amide bonds. The van der Waals surface area contributed by atoms with Crippen LogP contribution in [0.15, 0.2) is 28.7 Å². The molecule has 1 aromatic carbocycles. The SMILES string of the molecule is CCc1nnc(CN2CCCC(c3ccc(F)cc3)CC2)o1. The number of hydrogen-bond acceptors (Lipinski definition) is 4. The Morgan fingerprint density at radius 1 is 1.14 bits per heavy atom. The summed E-state index contributed by atoms with van der Waals surface area (Å²) in [6, 6.07) is 6.95. The number of rotatable bonds is 4. The Morgan fingerprint density at radius 2 is 1.91 bits per heavy atom. The van der Waals surface area contributed by atoms with Gasteiger partial charge >= 0.3 is 0 Å².